The van der Waals surface area contributed by atoms with Crippen LogP contribution < -0.4 is 10.1 Å². The van der Waals surface area contributed by atoms with Gasteiger partial charge in [-0.25, -0.2) is 0 Å². The summed E-state index contributed by atoms with van der Waals surface area (Å²) in [6, 6.07) is 7.22. The van der Waals surface area contributed by atoms with Gasteiger partial charge in [0.25, 0.3) is 0 Å². The summed E-state index contributed by atoms with van der Waals surface area (Å²) >= 11 is 0. The second kappa shape index (κ2) is 7.01. The van der Waals surface area contributed by atoms with Crippen molar-refractivity contribution in [1.29, 1.82) is 0 Å². The van der Waals surface area contributed by atoms with Crippen molar-refractivity contribution in [1.82, 2.24) is 5.32 Å². The van der Waals surface area contributed by atoms with Crippen LogP contribution in [0.15, 0.2) is 24.3 Å². The summed E-state index contributed by atoms with van der Waals surface area (Å²) < 4.78 is 5.11. The van der Waals surface area contributed by atoms with Gasteiger partial charge < -0.3 is 15.2 Å². The van der Waals surface area contributed by atoms with E-state index in [1.165, 1.54) is 0 Å². The minimum Gasteiger partial charge on any atom is -0.497 e. The highest BCUT2D eigenvalue weighted by Crippen LogP contribution is 2.13. The molecule has 0 aliphatic rings. The lowest BCUT2D eigenvalue weighted by Gasteiger charge is -2.19. The van der Waals surface area contributed by atoms with Crippen LogP contribution in [0.3, 0.4) is 0 Å². The number of aliphatic hydroxyl groups is 1. The van der Waals surface area contributed by atoms with Gasteiger partial charge in [0.05, 0.1) is 26.2 Å². The number of benzene rings is 1. The van der Waals surface area contributed by atoms with Crippen LogP contribution in [-0.2, 0) is 11.2 Å². The number of rotatable bonds is 6. The summed E-state index contributed by atoms with van der Waals surface area (Å²) in [7, 11) is 1.60. The maximum absolute atomic E-state index is 11.8. The Balaban J connectivity index is 2.58. The molecule has 1 unspecified atom stereocenters. The second-order valence-corrected chi connectivity index (χ2v) is 4.63. The van der Waals surface area contributed by atoms with Gasteiger partial charge in [-0.3, -0.25) is 4.79 Å². The first-order valence-electron chi connectivity index (χ1n) is 6.10. The third-order valence-electron chi connectivity index (χ3n) is 2.85. The first-order chi connectivity index (χ1) is 8.56. The highest BCUT2D eigenvalue weighted by atomic mass is 16.5. The molecule has 0 saturated carbocycles. The van der Waals surface area contributed by atoms with E-state index in [1.807, 2.05) is 38.1 Å². The zero-order chi connectivity index (χ0) is 13.5. The van der Waals surface area contributed by atoms with Crippen LogP contribution in [0.5, 0.6) is 5.75 Å². The van der Waals surface area contributed by atoms with Crippen LogP contribution in [0.4, 0.5) is 0 Å². The highest BCUT2D eigenvalue weighted by Gasteiger charge is 2.15. The normalized spacial score (nSPS) is 12.3. The quantitative estimate of drug-likeness (QED) is 0.803. The Morgan fingerprint density at radius 3 is 2.72 bits per heavy atom. The molecule has 4 nitrogen and oxygen atoms in total. The number of methoxy groups -OCH3 is 1. The van der Waals surface area contributed by atoms with Crippen molar-refractivity contribution in [2.75, 3.05) is 13.7 Å². The summed E-state index contributed by atoms with van der Waals surface area (Å²) in [5.74, 6) is 0.864. The van der Waals surface area contributed by atoms with Gasteiger partial charge in [0.2, 0.25) is 5.91 Å². The van der Waals surface area contributed by atoms with Gasteiger partial charge in [-0.05, 0) is 23.6 Å². The molecule has 0 aliphatic heterocycles. The topological polar surface area (TPSA) is 58.6 Å². The zero-order valence-electron chi connectivity index (χ0n) is 11.1. The van der Waals surface area contributed by atoms with Crippen LogP contribution in [0.1, 0.15) is 19.4 Å². The lowest BCUT2D eigenvalue weighted by Crippen LogP contribution is -2.41. The maximum atomic E-state index is 11.8. The molecule has 0 saturated heterocycles. The Kier molecular flexibility index (Phi) is 5.65. The lowest BCUT2D eigenvalue weighted by molar-refractivity contribution is -0.121. The van der Waals surface area contributed by atoms with Gasteiger partial charge in [0.1, 0.15) is 5.75 Å². The molecule has 0 radical (unpaired) electrons. The van der Waals surface area contributed by atoms with Crippen LogP contribution in [0.25, 0.3) is 0 Å². The third kappa shape index (κ3) is 4.37. The molecule has 0 spiro atoms. The molecular formula is C14H21NO3. The van der Waals surface area contributed by atoms with Crippen LogP contribution in [0.2, 0.25) is 0 Å². The van der Waals surface area contributed by atoms with E-state index in [0.717, 1.165) is 11.3 Å². The molecule has 1 rings (SSSR count). The van der Waals surface area contributed by atoms with Crippen molar-refractivity contribution in [2.24, 2.45) is 5.92 Å². The molecule has 100 valence electrons. The molecule has 0 bridgehead atoms. The number of carbonyl (C=O) groups is 1. The Morgan fingerprint density at radius 1 is 1.44 bits per heavy atom. The monoisotopic (exact) mass is 251 g/mol. The van der Waals surface area contributed by atoms with E-state index in [-0.39, 0.29) is 24.5 Å². The van der Waals surface area contributed by atoms with E-state index in [1.54, 1.807) is 7.11 Å². The van der Waals surface area contributed by atoms with Crippen molar-refractivity contribution in [3.8, 4) is 5.75 Å². The SMILES string of the molecule is COc1cccc(CC(=O)NC(CO)C(C)C)c1. The summed E-state index contributed by atoms with van der Waals surface area (Å²) in [6.45, 7) is 3.89. The number of aliphatic hydroxyl groups excluding tert-OH is 1. The van der Waals surface area contributed by atoms with Gasteiger partial charge in [-0.15, -0.1) is 0 Å². The van der Waals surface area contributed by atoms with Crippen LogP contribution >= 0.6 is 0 Å². The fourth-order valence-corrected chi connectivity index (χ4v) is 1.65. The van der Waals surface area contributed by atoms with Crippen molar-refractivity contribution < 1.29 is 14.6 Å². The minimum atomic E-state index is -0.192. The molecule has 1 amide bonds. The number of ether oxygens (including phenoxy) is 1. The van der Waals surface area contributed by atoms with Gasteiger partial charge in [-0.1, -0.05) is 26.0 Å². The van der Waals surface area contributed by atoms with Gasteiger partial charge in [0, 0.05) is 0 Å². The van der Waals surface area contributed by atoms with Crippen LogP contribution in [0, 0.1) is 5.92 Å². The minimum absolute atomic E-state index is 0.0402. The predicted octanol–water partition coefficient (Wildman–Crippen LogP) is 1.37. The first-order valence-corrected chi connectivity index (χ1v) is 6.10. The average molecular weight is 251 g/mol. The summed E-state index contributed by atoms with van der Waals surface area (Å²) in [6.07, 6.45) is 0.292. The molecule has 1 aromatic rings. The van der Waals surface area contributed by atoms with Crippen molar-refractivity contribution in [3.05, 3.63) is 29.8 Å². The Bertz CT molecular complexity index is 390. The second-order valence-electron chi connectivity index (χ2n) is 4.63. The molecule has 4 heteroatoms. The molecular weight excluding hydrogens is 230 g/mol. The smallest absolute Gasteiger partial charge is 0.224 e. The van der Waals surface area contributed by atoms with Gasteiger partial charge in [-0.2, -0.15) is 0 Å². The molecule has 1 aromatic carbocycles. The summed E-state index contributed by atoms with van der Waals surface area (Å²) in [4.78, 5) is 11.8. The third-order valence-corrected chi connectivity index (χ3v) is 2.85. The molecule has 0 heterocycles. The maximum Gasteiger partial charge on any atom is 0.224 e. The Labute approximate surface area is 108 Å². The van der Waals surface area contributed by atoms with Crippen LogP contribution in [-0.4, -0.2) is 30.8 Å². The van der Waals surface area contributed by atoms with E-state index < -0.39 is 0 Å². The Hall–Kier alpha value is -1.55. The largest absolute Gasteiger partial charge is 0.497 e. The number of carbonyl (C=O) groups excluding carboxylic acids is 1. The zero-order valence-corrected chi connectivity index (χ0v) is 11.1. The van der Waals surface area contributed by atoms with E-state index in [2.05, 4.69) is 5.32 Å². The molecule has 1 atom stereocenters. The highest BCUT2D eigenvalue weighted by molar-refractivity contribution is 5.79. The van der Waals surface area contributed by atoms with Crippen molar-refractivity contribution >= 4 is 5.91 Å². The van der Waals surface area contributed by atoms with Crippen molar-refractivity contribution in [3.63, 3.8) is 0 Å². The average Bonchev–Trinajstić information content (AvgIpc) is 2.35. The van der Waals surface area contributed by atoms with E-state index in [9.17, 15) is 4.79 Å². The summed E-state index contributed by atoms with van der Waals surface area (Å²) in [5.41, 5.74) is 0.896. The first kappa shape index (κ1) is 14.5. The predicted molar refractivity (Wildman–Crippen MR) is 70.6 cm³/mol. The fourth-order valence-electron chi connectivity index (χ4n) is 1.65. The van der Waals surface area contributed by atoms with E-state index in [4.69, 9.17) is 9.84 Å². The number of amides is 1. The van der Waals surface area contributed by atoms with E-state index in [0.29, 0.717) is 6.42 Å². The molecule has 0 aliphatic carbocycles. The lowest BCUT2D eigenvalue weighted by atomic mass is 10.0. The number of hydrogen-bond donors (Lipinski definition) is 2. The number of hydrogen-bond acceptors (Lipinski definition) is 3. The summed E-state index contributed by atoms with van der Waals surface area (Å²) in [5, 5.41) is 12.0. The van der Waals surface area contributed by atoms with Crippen molar-refractivity contribution in [2.45, 2.75) is 26.3 Å². The Morgan fingerprint density at radius 2 is 2.17 bits per heavy atom. The molecule has 2 N–H and O–H groups in total. The molecule has 18 heavy (non-hydrogen) atoms. The standard InChI is InChI=1S/C14H21NO3/c1-10(2)13(9-16)15-14(17)8-11-5-4-6-12(7-11)18-3/h4-7,10,13,16H,8-9H2,1-3H3,(H,15,17). The molecule has 0 aromatic heterocycles. The molecule has 0 fully saturated rings. The van der Waals surface area contributed by atoms with Gasteiger partial charge in [0.15, 0.2) is 0 Å². The van der Waals surface area contributed by atoms with Gasteiger partial charge >= 0.3 is 0 Å². The number of nitrogens with one attached hydrogen (secondary N) is 1. The fraction of sp³-hybridized carbons (Fsp3) is 0.500. The van der Waals surface area contributed by atoms with E-state index >= 15 is 0 Å².